The molecule has 126 valence electrons. The van der Waals surface area contributed by atoms with Crippen LogP contribution in [0.2, 0.25) is 0 Å². The molecule has 1 aliphatic heterocycles. The maximum absolute atomic E-state index is 12.8. The van der Waals surface area contributed by atoms with E-state index in [4.69, 9.17) is 4.74 Å². The fourth-order valence-electron chi connectivity index (χ4n) is 4.16. The number of anilines is 1. The fraction of sp³-hybridized carbons (Fsp3) is 0.263. The summed E-state index contributed by atoms with van der Waals surface area (Å²) < 4.78 is 6.51. The molecule has 3 aromatic rings. The zero-order chi connectivity index (χ0) is 17.3. The highest BCUT2D eigenvalue weighted by Crippen LogP contribution is 2.65. The molecule has 2 N–H and O–H groups in total. The van der Waals surface area contributed by atoms with Crippen molar-refractivity contribution in [2.24, 2.45) is 0 Å². The van der Waals surface area contributed by atoms with Crippen LogP contribution in [-0.2, 0) is 10.2 Å². The number of hydrogen-bond acceptors (Lipinski definition) is 3. The third kappa shape index (κ3) is 1.94. The molecular weight excluding hydrogens is 429 g/mol. The van der Waals surface area contributed by atoms with Gasteiger partial charge in [-0.25, -0.2) is 0 Å². The molecule has 25 heavy (non-hydrogen) atoms. The van der Waals surface area contributed by atoms with Gasteiger partial charge in [0.15, 0.2) is 0 Å². The largest absolute Gasteiger partial charge is 0.496 e. The molecule has 2 aliphatic rings. The number of aromatic nitrogens is 2. The lowest BCUT2D eigenvalue weighted by Gasteiger charge is -2.12. The van der Waals surface area contributed by atoms with Crippen LogP contribution in [0.3, 0.4) is 0 Å². The number of hydrogen-bond donors (Lipinski definition) is 2. The lowest BCUT2D eigenvalue weighted by molar-refractivity contribution is -0.118. The van der Waals surface area contributed by atoms with E-state index in [9.17, 15) is 4.79 Å². The number of methoxy groups -OCH3 is 1. The van der Waals surface area contributed by atoms with Crippen LogP contribution in [0.15, 0.2) is 30.3 Å². The van der Waals surface area contributed by atoms with Gasteiger partial charge in [-0.3, -0.25) is 9.89 Å². The predicted molar refractivity (Wildman–Crippen MR) is 104 cm³/mol. The SMILES string of the molecule is COc1cc2c(cc1C)NC(=O)[C@@]21C[C@H]1c1ccc2c(I)[nH]nc2c1. The number of benzene rings is 2. The first kappa shape index (κ1) is 15.2. The van der Waals surface area contributed by atoms with Crippen LogP contribution < -0.4 is 10.1 Å². The monoisotopic (exact) mass is 445 g/mol. The van der Waals surface area contributed by atoms with Gasteiger partial charge < -0.3 is 10.1 Å². The molecule has 1 spiro atoms. The average molecular weight is 445 g/mol. The lowest BCUT2D eigenvalue weighted by atomic mass is 9.91. The third-order valence-electron chi connectivity index (χ3n) is 5.56. The number of carbonyl (C=O) groups excluding carboxylic acids is 1. The number of nitrogens with zero attached hydrogens (tertiary/aromatic N) is 1. The highest BCUT2D eigenvalue weighted by Gasteiger charge is 2.65. The van der Waals surface area contributed by atoms with E-state index in [1.807, 2.05) is 19.1 Å². The van der Waals surface area contributed by atoms with Gasteiger partial charge in [-0.2, -0.15) is 5.10 Å². The number of ether oxygens (including phenoxy) is 1. The molecule has 5 rings (SSSR count). The van der Waals surface area contributed by atoms with Gasteiger partial charge in [0.25, 0.3) is 0 Å². The number of carbonyl (C=O) groups is 1. The summed E-state index contributed by atoms with van der Waals surface area (Å²) in [5.41, 5.74) is 4.65. The van der Waals surface area contributed by atoms with Crippen LogP contribution in [0.25, 0.3) is 10.9 Å². The Bertz CT molecular complexity index is 1060. The van der Waals surface area contributed by atoms with Gasteiger partial charge in [0.2, 0.25) is 5.91 Å². The molecule has 1 fully saturated rings. The van der Waals surface area contributed by atoms with E-state index in [-0.39, 0.29) is 11.8 Å². The number of amides is 1. The van der Waals surface area contributed by atoms with Crippen LogP contribution in [0.1, 0.15) is 29.0 Å². The van der Waals surface area contributed by atoms with Crippen LogP contribution in [0.4, 0.5) is 5.69 Å². The molecule has 1 aromatic heterocycles. The lowest BCUT2D eigenvalue weighted by Crippen LogP contribution is -2.21. The fourth-order valence-corrected chi connectivity index (χ4v) is 4.74. The van der Waals surface area contributed by atoms with E-state index in [0.717, 1.165) is 49.2 Å². The first-order valence-electron chi connectivity index (χ1n) is 8.18. The maximum Gasteiger partial charge on any atom is 0.235 e. The smallest absolute Gasteiger partial charge is 0.235 e. The Morgan fingerprint density at radius 1 is 1.32 bits per heavy atom. The second-order valence-corrected chi connectivity index (χ2v) is 7.94. The summed E-state index contributed by atoms with van der Waals surface area (Å²) in [7, 11) is 1.67. The van der Waals surface area contributed by atoms with Crippen LogP contribution in [-0.4, -0.2) is 23.2 Å². The van der Waals surface area contributed by atoms with Crippen LogP contribution in [0.5, 0.6) is 5.75 Å². The van der Waals surface area contributed by atoms with Crippen molar-refractivity contribution < 1.29 is 9.53 Å². The number of nitrogens with one attached hydrogen (secondary N) is 2. The van der Waals surface area contributed by atoms with Crippen molar-refractivity contribution in [3.8, 4) is 5.75 Å². The van der Waals surface area contributed by atoms with Gasteiger partial charge in [0.1, 0.15) is 9.45 Å². The van der Waals surface area contributed by atoms with Gasteiger partial charge in [-0.15, -0.1) is 0 Å². The summed E-state index contributed by atoms with van der Waals surface area (Å²) in [4.78, 5) is 12.8. The second-order valence-electron chi connectivity index (χ2n) is 6.86. The summed E-state index contributed by atoms with van der Waals surface area (Å²) in [5, 5.41) is 11.5. The molecule has 2 aromatic carbocycles. The Labute approximate surface area is 158 Å². The van der Waals surface area contributed by atoms with E-state index in [2.05, 4.69) is 56.3 Å². The quantitative estimate of drug-likeness (QED) is 0.589. The van der Waals surface area contributed by atoms with Crippen molar-refractivity contribution in [3.05, 3.63) is 50.7 Å². The molecule has 0 saturated heterocycles. The number of aryl methyl sites for hydroxylation is 1. The number of fused-ring (bicyclic) bond motifs is 3. The highest BCUT2D eigenvalue weighted by molar-refractivity contribution is 14.1. The Morgan fingerprint density at radius 2 is 2.16 bits per heavy atom. The van der Waals surface area contributed by atoms with E-state index < -0.39 is 5.41 Å². The van der Waals surface area contributed by atoms with Crippen molar-refractivity contribution in [1.82, 2.24) is 10.2 Å². The van der Waals surface area contributed by atoms with Gasteiger partial charge >= 0.3 is 0 Å². The van der Waals surface area contributed by atoms with Crippen LogP contribution >= 0.6 is 22.6 Å². The zero-order valence-corrected chi connectivity index (χ0v) is 16.0. The first-order valence-corrected chi connectivity index (χ1v) is 9.26. The average Bonchev–Trinajstić information content (AvgIpc) is 3.18. The molecule has 0 bridgehead atoms. The maximum atomic E-state index is 12.8. The van der Waals surface area contributed by atoms with Crippen molar-refractivity contribution in [2.45, 2.75) is 24.7 Å². The van der Waals surface area contributed by atoms with Crippen molar-refractivity contribution >= 4 is 45.1 Å². The summed E-state index contributed by atoms with van der Waals surface area (Å²) in [6, 6.07) is 10.3. The standard InChI is InChI=1S/C19H16IN3O2/c1-9-5-15-12(7-16(9)25-2)19(18(24)21-15)8-13(19)10-3-4-11-14(6-10)22-23-17(11)20/h3-7,13H,8H2,1-2H3,(H,21,24)(H,22,23)/t13-,19-/m0/s1. The number of H-pyrrole nitrogens is 1. The normalized spacial score (nSPS) is 23.8. The number of aromatic amines is 1. The van der Waals surface area contributed by atoms with Gasteiger partial charge in [0.05, 0.1) is 18.0 Å². The first-order chi connectivity index (χ1) is 12.0. The Balaban J connectivity index is 1.61. The van der Waals surface area contributed by atoms with Crippen LogP contribution in [0, 0.1) is 10.6 Å². The molecule has 0 radical (unpaired) electrons. The van der Waals surface area contributed by atoms with E-state index in [1.54, 1.807) is 7.11 Å². The Kier molecular flexibility index (Phi) is 3.02. The molecule has 2 heterocycles. The number of halogens is 1. The van der Waals surface area contributed by atoms with Crippen molar-refractivity contribution in [3.63, 3.8) is 0 Å². The summed E-state index contributed by atoms with van der Waals surface area (Å²) in [5.74, 6) is 1.11. The minimum absolute atomic E-state index is 0.0943. The minimum atomic E-state index is -0.465. The third-order valence-corrected chi connectivity index (χ3v) is 6.39. The topological polar surface area (TPSA) is 67.0 Å². The predicted octanol–water partition coefficient (Wildman–Crippen LogP) is 3.86. The summed E-state index contributed by atoms with van der Waals surface area (Å²) in [6.45, 7) is 1.99. The van der Waals surface area contributed by atoms with E-state index in [0.29, 0.717) is 0 Å². The van der Waals surface area contributed by atoms with Gasteiger partial charge in [0, 0.05) is 17.0 Å². The molecule has 1 amide bonds. The highest BCUT2D eigenvalue weighted by atomic mass is 127. The molecule has 1 aliphatic carbocycles. The molecule has 5 nitrogen and oxygen atoms in total. The molecular formula is C19H16IN3O2. The van der Waals surface area contributed by atoms with E-state index >= 15 is 0 Å². The summed E-state index contributed by atoms with van der Waals surface area (Å²) in [6.07, 6.45) is 0.824. The van der Waals surface area contributed by atoms with Crippen molar-refractivity contribution in [2.75, 3.05) is 12.4 Å². The Morgan fingerprint density at radius 3 is 2.96 bits per heavy atom. The number of rotatable bonds is 2. The minimum Gasteiger partial charge on any atom is -0.496 e. The van der Waals surface area contributed by atoms with Crippen molar-refractivity contribution in [1.29, 1.82) is 0 Å². The molecule has 0 unspecified atom stereocenters. The van der Waals surface area contributed by atoms with Gasteiger partial charge in [-0.05, 0) is 76.9 Å². The molecule has 6 heteroatoms. The zero-order valence-electron chi connectivity index (χ0n) is 13.8. The summed E-state index contributed by atoms with van der Waals surface area (Å²) >= 11 is 2.25. The van der Waals surface area contributed by atoms with Gasteiger partial charge in [-0.1, -0.05) is 6.07 Å². The Hall–Kier alpha value is -2.09. The molecule has 1 saturated carbocycles. The molecule has 2 atom stereocenters. The second kappa shape index (κ2) is 4.97. The van der Waals surface area contributed by atoms with E-state index in [1.165, 1.54) is 0 Å².